The van der Waals surface area contributed by atoms with E-state index in [1.807, 2.05) is 23.2 Å². The summed E-state index contributed by atoms with van der Waals surface area (Å²) in [6.07, 6.45) is 2.75. The van der Waals surface area contributed by atoms with E-state index in [1.165, 1.54) is 0 Å². The normalized spacial score (nSPS) is 15.6. The Morgan fingerprint density at radius 3 is 2.55 bits per heavy atom. The lowest BCUT2D eigenvalue weighted by molar-refractivity contribution is -0.131. The molecule has 0 radical (unpaired) electrons. The van der Waals surface area contributed by atoms with E-state index in [2.05, 4.69) is 9.88 Å². The molecule has 0 spiro atoms. The number of carbonyl (C=O) groups is 1. The molecule has 0 atom stereocenters. The van der Waals surface area contributed by atoms with Gasteiger partial charge in [0.15, 0.2) is 11.5 Å². The Morgan fingerprint density at radius 2 is 1.84 bits per heavy atom. The molecule has 9 heteroatoms. The summed E-state index contributed by atoms with van der Waals surface area (Å²) in [4.78, 5) is 26.1. The van der Waals surface area contributed by atoms with Gasteiger partial charge in [0.2, 0.25) is 17.6 Å². The molecule has 1 fully saturated rings. The van der Waals surface area contributed by atoms with Gasteiger partial charge in [0.1, 0.15) is 0 Å². The topological polar surface area (TPSA) is 86.3 Å². The number of anilines is 1. The molecule has 3 heterocycles. The van der Waals surface area contributed by atoms with Crippen molar-refractivity contribution in [3.05, 3.63) is 35.2 Å². The first-order chi connectivity index (χ1) is 15.1. The van der Waals surface area contributed by atoms with Crippen LogP contribution in [0.5, 0.6) is 17.2 Å². The summed E-state index contributed by atoms with van der Waals surface area (Å²) in [7, 11) is 4.74. The second kappa shape index (κ2) is 9.38. The number of aryl methyl sites for hydroxylation is 1. The average Bonchev–Trinajstić information content (AvgIpc) is 3.25. The fourth-order valence-corrected chi connectivity index (χ4v) is 3.99. The molecule has 166 valence electrons. The van der Waals surface area contributed by atoms with Crippen LogP contribution >= 0.6 is 0 Å². The van der Waals surface area contributed by atoms with E-state index >= 15 is 0 Å². The molecule has 4 rings (SSSR count). The smallest absolute Gasteiger partial charge is 0.225 e. The zero-order valence-corrected chi connectivity index (χ0v) is 18.2. The third-order valence-electron chi connectivity index (χ3n) is 5.68. The highest BCUT2D eigenvalue weighted by Gasteiger charge is 2.27. The molecule has 0 aliphatic carbocycles. The van der Waals surface area contributed by atoms with E-state index in [0.717, 1.165) is 29.9 Å². The van der Waals surface area contributed by atoms with Crippen molar-refractivity contribution < 1.29 is 23.7 Å². The zero-order chi connectivity index (χ0) is 21.8. The first-order valence-electron chi connectivity index (χ1n) is 10.4. The Kier molecular flexibility index (Phi) is 6.41. The van der Waals surface area contributed by atoms with Crippen LogP contribution in [0.15, 0.2) is 18.3 Å². The molecule has 0 N–H and O–H groups in total. The first kappa shape index (κ1) is 21.2. The van der Waals surface area contributed by atoms with Crippen LogP contribution in [0.3, 0.4) is 0 Å². The van der Waals surface area contributed by atoms with Gasteiger partial charge in [-0.05, 0) is 18.1 Å². The van der Waals surface area contributed by atoms with Gasteiger partial charge in [-0.1, -0.05) is 6.07 Å². The number of hydrogen-bond donors (Lipinski definition) is 0. The number of aromatic nitrogens is 2. The summed E-state index contributed by atoms with van der Waals surface area (Å²) in [5, 5.41) is 0. The van der Waals surface area contributed by atoms with E-state index in [1.54, 1.807) is 21.3 Å². The van der Waals surface area contributed by atoms with Gasteiger partial charge in [-0.3, -0.25) is 4.79 Å². The number of nitrogens with zero attached hydrogens (tertiary/aromatic N) is 4. The second-order valence-electron chi connectivity index (χ2n) is 7.48. The van der Waals surface area contributed by atoms with Crippen LogP contribution in [0.25, 0.3) is 0 Å². The van der Waals surface area contributed by atoms with Crippen LogP contribution in [0.4, 0.5) is 5.95 Å². The molecule has 1 aromatic carbocycles. The number of methoxy groups -OCH3 is 3. The van der Waals surface area contributed by atoms with Gasteiger partial charge in [0, 0.05) is 37.8 Å². The number of carbonyl (C=O) groups excluding carboxylic acids is 1. The second-order valence-corrected chi connectivity index (χ2v) is 7.48. The Balaban J connectivity index is 1.40. The van der Waals surface area contributed by atoms with Crippen LogP contribution in [-0.4, -0.2) is 68.4 Å². The Hall–Kier alpha value is -3.07. The largest absolute Gasteiger partial charge is 0.493 e. The maximum Gasteiger partial charge on any atom is 0.225 e. The summed E-state index contributed by atoms with van der Waals surface area (Å²) in [5.41, 5.74) is 2.84. The number of hydrogen-bond acceptors (Lipinski definition) is 8. The Bertz CT molecular complexity index is 946. The fourth-order valence-electron chi connectivity index (χ4n) is 3.99. The molecule has 0 saturated carbocycles. The molecule has 2 aliphatic heterocycles. The molecule has 0 bridgehead atoms. The first-order valence-corrected chi connectivity index (χ1v) is 10.4. The number of fused-ring (bicyclic) bond motifs is 1. The van der Waals surface area contributed by atoms with Crippen molar-refractivity contribution in [3.8, 4) is 17.2 Å². The van der Waals surface area contributed by atoms with Gasteiger partial charge in [-0.15, -0.1) is 0 Å². The highest BCUT2D eigenvalue weighted by Crippen LogP contribution is 2.40. The summed E-state index contributed by atoms with van der Waals surface area (Å²) < 4.78 is 21.7. The van der Waals surface area contributed by atoms with Crippen LogP contribution in [0, 0.1) is 0 Å². The minimum atomic E-state index is 0.0720. The number of benzene rings is 1. The predicted molar refractivity (Wildman–Crippen MR) is 114 cm³/mol. The SMILES string of the molecule is COc1ccc(CCC(=O)N2Cc3cnc(N4CCOCC4)nc3C2)c(OC)c1OC. The highest BCUT2D eigenvalue weighted by molar-refractivity contribution is 5.77. The van der Waals surface area contributed by atoms with Crippen molar-refractivity contribution in [1.82, 2.24) is 14.9 Å². The van der Waals surface area contributed by atoms with E-state index in [-0.39, 0.29) is 5.91 Å². The van der Waals surface area contributed by atoms with E-state index in [9.17, 15) is 4.79 Å². The molecule has 2 aromatic rings. The van der Waals surface area contributed by atoms with E-state index in [0.29, 0.717) is 62.3 Å². The van der Waals surface area contributed by atoms with Gasteiger partial charge >= 0.3 is 0 Å². The average molecular weight is 428 g/mol. The standard InChI is InChI=1S/C22H28N4O5/c1-28-18-6-4-15(20(29-2)21(18)30-3)5-7-19(27)26-13-16-12-23-22(24-17(16)14-26)25-8-10-31-11-9-25/h4,6,12H,5,7-11,13-14H2,1-3H3. The number of morpholine rings is 1. The number of rotatable bonds is 7. The molecular weight excluding hydrogens is 400 g/mol. The van der Waals surface area contributed by atoms with Gasteiger partial charge in [-0.2, -0.15) is 0 Å². The zero-order valence-electron chi connectivity index (χ0n) is 18.2. The maximum absolute atomic E-state index is 12.9. The molecule has 2 aliphatic rings. The van der Waals surface area contributed by atoms with Gasteiger partial charge in [0.05, 0.1) is 46.8 Å². The third-order valence-corrected chi connectivity index (χ3v) is 5.68. The van der Waals surface area contributed by atoms with E-state index < -0.39 is 0 Å². The van der Waals surface area contributed by atoms with Gasteiger partial charge in [-0.25, -0.2) is 9.97 Å². The lowest BCUT2D eigenvalue weighted by Gasteiger charge is -2.26. The lowest BCUT2D eigenvalue weighted by Crippen LogP contribution is -2.37. The minimum Gasteiger partial charge on any atom is -0.493 e. The quantitative estimate of drug-likeness (QED) is 0.660. The van der Waals surface area contributed by atoms with Crippen LogP contribution in [0.2, 0.25) is 0 Å². The minimum absolute atomic E-state index is 0.0720. The van der Waals surface area contributed by atoms with Crippen molar-refractivity contribution in [2.75, 3.05) is 52.5 Å². The van der Waals surface area contributed by atoms with Gasteiger partial charge in [0.25, 0.3) is 0 Å². The number of ether oxygens (including phenoxy) is 4. The Morgan fingerprint density at radius 1 is 1.06 bits per heavy atom. The van der Waals surface area contributed by atoms with E-state index in [4.69, 9.17) is 23.9 Å². The summed E-state index contributed by atoms with van der Waals surface area (Å²) in [6, 6.07) is 3.74. The van der Waals surface area contributed by atoms with Crippen molar-refractivity contribution in [1.29, 1.82) is 0 Å². The Labute approximate surface area is 181 Å². The monoisotopic (exact) mass is 428 g/mol. The molecule has 0 unspecified atom stereocenters. The number of amides is 1. The van der Waals surface area contributed by atoms with Crippen LogP contribution in [0.1, 0.15) is 23.2 Å². The van der Waals surface area contributed by atoms with Crippen LogP contribution < -0.4 is 19.1 Å². The molecule has 1 amide bonds. The maximum atomic E-state index is 12.9. The molecular formula is C22H28N4O5. The lowest BCUT2D eigenvalue weighted by atomic mass is 10.1. The molecule has 1 aromatic heterocycles. The molecule has 31 heavy (non-hydrogen) atoms. The van der Waals surface area contributed by atoms with Crippen molar-refractivity contribution >= 4 is 11.9 Å². The van der Waals surface area contributed by atoms with Crippen molar-refractivity contribution in [3.63, 3.8) is 0 Å². The van der Waals surface area contributed by atoms with Crippen LogP contribution in [-0.2, 0) is 29.0 Å². The third kappa shape index (κ3) is 4.36. The summed E-state index contributed by atoms with van der Waals surface area (Å²) in [5.74, 6) is 2.52. The highest BCUT2D eigenvalue weighted by atomic mass is 16.5. The molecule has 9 nitrogen and oxygen atoms in total. The van der Waals surface area contributed by atoms with Gasteiger partial charge < -0.3 is 28.7 Å². The molecule has 1 saturated heterocycles. The van der Waals surface area contributed by atoms with Crippen molar-refractivity contribution in [2.45, 2.75) is 25.9 Å². The fraction of sp³-hybridized carbons (Fsp3) is 0.500. The summed E-state index contributed by atoms with van der Waals surface area (Å²) in [6.45, 7) is 4.00. The van der Waals surface area contributed by atoms with Crippen molar-refractivity contribution in [2.24, 2.45) is 0 Å². The summed E-state index contributed by atoms with van der Waals surface area (Å²) >= 11 is 0. The predicted octanol–water partition coefficient (Wildman–Crippen LogP) is 1.81.